The van der Waals surface area contributed by atoms with Gasteiger partial charge in [-0.25, -0.2) is 4.79 Å². The summed E-state index contributed by atoms with van der Waals surface area (Å²) in [7, 11) is 1.52. The molecular weight excluding hydrogens is 304 g/mol. The van der Waals surface area contributed by atoms with Crippen LogP contribution in [0.4, 0.5) is 0 Å². The van der Waals surface area contributed by atoms with Crippen molar-refractivity contribution >= 4 is 33.2 Å². The van der Waals surface area contributed by atoms with Gasteiger partial charge in [-0.1, -0.05) is 0 Å². The zero-order chi connectivity index (χ0) is 12.4. The van der Waals surface area contributed by atoms with Crippen LogP contribution < -0.4 is 4.74 Å². The summed E-state index contributed by atoms with van der Waals surface area (Å²) >= 11 is 4.90. The fourth-order valence-electron chi connectivity index (χ4n) is 1.51. The van der Waals surface area contributed by atoms with Gasteiger partial charge in [-0.05, 0) is 45.6 Å². The summed E-state index contributed by atoms with van der Waals surface area (Å²) in [6, 6.07) is 6.95. The van der Waals surface area contributed by atoms with Crippen LogP contribution in [0.15, 0.2) is 34.1 Å². The second-order valence-corrected chi connectivity index (χ2v) is 5.08. The number of carboxylic acids is 1. The van der Waals surface area contributed by atoms with Gasteiger partial charge < -0.3 is 9.84 Å². The third-order valence-corrected chi connectivity index (χ3v) is 4.19. The first-order valence-electron chi connectivity index (χ1n) is 4.78. The van der Waals surface area contributed by atoms with Crippen LogP contribution in [-0.4, -0.2) is 18.2 Å². The molecule has 1 heterocycles. The third kappa shape index (κ3) is 2.35. The maximum absolute atomic E-state index is 11.2. The summed E-state index contributed by atoms with van der Waals surface area (Å²) in [6.07, 6.45) is 0. The van der Waals surface area contributed by atoms with Crippen molar-refractivity contribution in [3.8, 4) is 16.2 Å². The van der Waals surface area contributed by atoms with Gasteiger partial charge in [0.25, 0.3) is 0 Å². The Morgan fingerprint density at radius 2 is 2.18 bits per heavy atom. The van der Waals surface area contributed by atoms with E-state index in [9.17, 15) is 9.90 Å². The zero-order valence-corrected chi connectivity index (χ0v) is 11.3. The van der Waals surface area contributed by atoms with E-state index in [1.54, 1.807) is 12.1 Å². The molecule has 0 aliphatic rings. The summed E-state index contributed by atoms with van der Waals surface area (Å²) in [6.45, 7) is 0. The number of aromatic carboxylic acids is 1. The molecule has 5 heteroatoms. The highest BCUT2D eigenvalue weighted by atomic mass is 79.9. The average molecular weight is 313 g/mol. The number of rotatable bonds is 3. The summed E-state index contributed by atoms with van der Waals surface area (Å²) in [5, 5.41) is 11.1. The van der Waals surface area contributed by atoms with E-state index < -0.39 is 5.97 Å². The molecule has 3 nitrogen and oxygen atoms in total. The Morgan fingerprint density at radius 3 is 2.71 bits per heavy atom. The molecule has 2 rings (SSSR count). The lowest BCUT2D eigenvalue weighted by atomic mass is 10.1. The molecule has 0 amide bonds. The van der Waals surface area contributed by atoms with E-state index in [1.807, 2.05) is 11.4 Å². The zero-order valence-electron chi connectivity index (χ0n) is 8.94. The molecule has 0 aliphatic carbocycles. The summed E-state index contributed by atoms with van der Waals surface area (Å²) in [4.78, 5) is 12.1. The maximum Gasteiger partial charge on any atom is 0.336 e. The van der Waals surface area contributed by atoms with Crippen LogP contribution in [0.5, 0.6) is 5.75 Å². The van der Waals surface area contributed by atoms with Gasteiger partial charge in [0, 0.05) is 14.9 Å². The SMILES string of the molecule is COc1ccc(-c2sccc2Br)c(C(=O)O)c1. The third-order valence-electron chi connectivity index (χ3n) is 2.32. The molecule has 0 unspecified atom stereocenters. The Morgan fingerprint density at radius 1 is 1.41 bits per heavy atom. The van der Waals surface area contributed by atoms with Gasteiger partial charge in [-0.15, -0.1) is 11.3 Å². The molecule has 0 bridgehead atoms. The van der Waals surface area contributed by atoms with Crippen LogP contribution in [-0.2, 0) is 0 Å². The second kappa shape index (κ2) is 4.89. The van der Waals surface area contributed by atoms with Gasteiger partial charge in [0.05, 0.1) is 12.7 Å². The van der Waals surface area contributed by atoms with E-state index >= 15 is 0 Å². The quantitative estimate of drug-likeness (QED) is 0.935. The maximum atomic E-state index is 11.2. The van der Waals surface area contributed by atoms with Gasteiger partial charge in [-0.3, -0.25) is 0 Å². The lowest BCUT2D eigenvalue weighted by molar-refractivity contribution is 0.0697. The Bertz CT molecular complexity index is 563. The highest BCUT2D eigenvalue weighted by Gasteiger charge is 2.15. The van der Waals surface area contributed by atoms with Crippen molar-refractivity contribution in [2.45, 2.75) is 0 Å². The molecule has 88 valence electrons. The first-order chi connectivity index (χ1) is 8.13. The van der Waals surface area contributed by atoms with Gasteiger partial charge in [-0.2, -0.15) is 0 Å². The Balaban J connectivity index is 2.62. The van der Waals surface area contributed by atoms with Crippen LogP contribution in [0.2, 0.25) is 0 Å². The number of carboxylic acid groups (broad SMARTS) is 1. The van der Waals surface area contributed by atoms with Crippen LogP contribution >= 0.6 is 27.3 Å². The number of hydrogen-bond donors (Lipinski definition) is 1. The lowest BCUT2D eigenvalue weighted by Gasteiger charge is -2.07. The topological polar surface area (TPSA) is 46.5 Å². The fourth-order valence-corrected chi connectivity index (χ4v) is 3.14. The van der Waals surface area contributed by atoms with E-state index in [2.05, 4.69) is 15.9 Å². The lowest BCUT2D eigenvalue weighted by Crippen LogP contribution is -2.00. The van der Waals surface area contributed by atoms with Crippen molar-refractivity contribution in [2.75, 3.05) is 7.11 Å². The van der Waals surface area contributed by atoms with Gasteiger partial charge in [0.2, 0.25) is 0 Å². The average Bonchev–Trinajstić information content (AvgIpc) is 2.74. The first-order valence-corrected chi connectivity index (χ1v) is 6.45. The molecule has 0 saturated carbocycles. The molecule has 0 aliphatic heterocycles. The number of halogens is 1. The number of carbonyl (C=O) groups is 1. The number of benzene rings is 1. The Hall–Kier alpha value is -1.33. The van der Waals surface area contributed by atoms with Crippen molar-refractivity contribution < 1.29 is 14.6 Å². The largest absolute Gasteiger partial charge is 0.497 e. The van der Waals surface area contributed by atoms with E-state index in [-0.39, 0.29) is 5.56 Å². The standard InChI is InChI=1S/C12H9BrO3S/c1-16-7-2-3-8(9(6-7)12(14)15)11-10(13)4-5-17-11/h2-6H,1H3,(H,14,15). The monoisotopic (exact) mass is 312 g/mol. The Kier molecular flexibility index (Phi) is 3.49. The van der Waals surface area contributed by atoms with Crippen LogP contribution in [0, 0.1) is 0 Å². The minimum Gasteiger partial charge on any atom is -0.497 e. The van der Waals surface area contributed by atoms with Gasteiger partial charge in [0.15, 0.2) is 0 Å². The minimum atomic E-state index is -0.959. The molecule has 1 aromatic carbocycles. The van der Waals surface area contributed by atoms with Gasteiger partial charge >= 0.3 is 5.97 Å². The second-order valence-electron chi connectivity index (χ2n) is 3.31. The van der Waals surface area contributed by atoms with E-state index in [1.165, 1.54) is 24.5 Å². The highest BCUT2D eigenvalue weighted by molar-refractivity contribution is 9.10. The molecule has 0 fully saturated rings. The van der Waals surface area contributed by atoms with Crippen molar-refractivity contribution in [3.05, 3.63) is 39.7 Å². The molecule has 1 N–H and O–H groups in total. The first kappa shape index (κ1) is 12.1. The predicted molar refractivity (Wildman–Crippen MR) is 71.0 cm³/mol. The number of ether oxygens (including phenoxy) is 1. The number of thiophene rings is 1. The van der Waals surface area contributed by atoms with Crippen molar-refractivity contribution in [2.24, 2.45) is 0 Å². The predicted octanol–water partition coefficient (Wildman–Crippen LogP) is 3.88. The van der Waals surface area contributed by atoms with Gasteiger partial charge in [0.1, 0.15) is 5.75 Å². The number of hydrogen-bond acceptors (Lipinski definition) is 3. The molecule has 0 atom stereocenters. The fraction of sp³-hybridized carbons (Fsp3) is 0.0833. The number of methoxy groups -OCH3 is 1. The molecule has 0 saturated heterocycles. The molecule has 1 aromatic heterocycles. The van der Waals surface area contributed by atoms with E-state index in [0.29, 0.717) is 11.3 Å². The van der Waals surface area contributed by atoms with E-state index in [0.717, 1.165) is 9.35 Å². The smallest absolute Gasteiger partial charge is 0.336 e. The Labute approximate surface area is 111 Å². The van der Waals surface area contributed by atoms with Crippen LogP contribution in [0.25, 0.3) is 10.4 Å². The van der Waals surface area contributed by atoms with Crippen LogP contribution in [0.1, 0.15) is 10.4 Å². The highest BCUT2D eigenvalue weighted by Crippen LogP contribution is 2.36. The summed E-state index contributed by atoms with van der Waals surface area (Å²) < 4.78 is 5.93. The molecule has 17 heavy (non-hydrogen) atoms. The molecule has 0 radical (unpaired) electrons. The van der Waals surface area contributed by atoms with Crippen LogP contribution in [0.3, 0.4) is 0 Å². The minimum absolute atomic E-state index is 0.243. The van der Waals surface area contributed by atoms with Crippen molar-refractivity contribution in [3.63, 3.8) is 0 Å². The summed E-state index contributed by atoms with van der Waals surface area (Å²) in [5.41, 5.74) is 0.938. The molecular formula is C12H9BrO3S. The van der Waals surface area contributed by atoms with Crippen molar-refractivity contribution in [1.82, 2.24) is 0 Å². The van der Waals surface area contributed by atoms with E-state index in [4.69, 9.17) is 4.74 Å². The van der Waals surface area contributed by atoms with Crippen molar-refractivity contribution in [1.29, 1.82) is 0 Å². The molecule has 0 spiro atoms. The normalized spacial score (nSPS) is 10.2. The molecule has 2 aromatic rings. The summed E-state index contributed by atoms with van der Waals surface area (Å²) in [5.74, 6) is -0.418.